The van der Waals surface area contributed by atoms with Gasteiger partial charge in [0.25, 0.3) is 0 Å². The Morgan fingerprint density at radius 3 is 2.60 bits per heavy atom. The van der Waals surface area contributed by atoms with E-state index in [0.29, 0.717) is 10.8 Å². The van der Waals surface area contributed by atoms with E-state index >= 15 is 0 Å². The van der Waals surface area contributed by atoms with E-state index in [1.54, 1.807) is 0 Å². The van der Waals surface area contributed by atoms with Crippen LogP contribution in [0, 0.1) is 0 Å². The molecule has 0 heterocycles. The molecule has 2 N–H and O–H groups in total. The number of ether oxygens (including phenoxy) is 1. The maximum Gasteiger partial charge on any atom is 0.238 e. The molecule has 0 aliphatic heterocycles. The second kappa shape index (κ2) is 3.66. The molecule has 0 aromatic heterocycles. The van der Waals surface area contributed by atoms with Crippen LogP contribution in [-0.4, -0.2) is 14.5 Å². The molecule has 82 valence electrons. The van der Waals surface area contributed by atoms with Crippen molar-refractivity contribution in [1.82, 2.24) is 0 Å². The molecule has 1 aliphatic carbocycles. The van der Waals surface area contributed by atoms with Gasteiger partial charge in [-0.1, -0.05) is 11.6 Å². The summed E-state index contributed by atoms with van der Waals surface area (Å²) in [5, 5.41) is 5.39. The second-order valence-electron chi connectivity index (χ2n) is 3.45. The number of rotatable bonds is 3. The van der Waals surface area contributed by atoms with Crippen LogP contribution in [0.5, 0.6) is 5.75 Å². The molecule has 1 aromatic carbocycles. The third-order valence-corrected chi connectivity index (χ3v) is 3.27. The van der Waals surface area contributed by atoms with Crippen LogP contribution >= 0.6 is 11.6 Å². The van der Waals surface area contributed by atoms with Crippen molar-refractivity contribution in [3.8, 4) is 5.75 Å². The minimum absolute atomic E-state index is 0.0163. The highest BCUT2D eigenvalue weighted by Crippen LogP contribution is 2.33. The zero-order valence-electron chi connectivity index (χ0n) is 7.81. The van der Waals surface area contributed by atoms with Crippen LogP contribution in [0.2, 0.25) is 5.02 Å². The number of hydrogen-bond acceptors (Lipinski definition) is 3. The van der Waals surface area contributed by atoms with E-state index < -0.39 is 10.0 Å². The fourth-order valence-electron chi connectivity index (χ4n) is 1.12. The van der Waals surface area contributed by atoms with Gasteiger partial charge in [0, 0.05) is 6.07 Å². The third-order valence-electron chi connectivity index (χ3n) is 2.05. The fraction of sp³-hybridized carbons (Fsp3) is 0.333. The van der Waals surface area contributed by atoms with Gasteiger partial charge in [-0.3, -0.25) is 0 Å². The van der Waals surface area contributed by atoms with E-state index in [1.807, 2.05) is 0 Å². The molecule has 1 aromatic rings. The van der Waals surface area contributed by atoms with Crippen LogP contribution in [0.3, 0.4) is 0 Å². The van der Waals surface area contributed by atoms with E-state index in [-0.39, 0.29) is 11.0 Å². The summed E-state index contributed by atoms with van der Waals surface area (Å²) in [6.07, 6.45) is 2.13. The van der Waals surface area contributed by atoms with Gasteiger partial charge in [-0.15, -0.1) is 0 Å². The Balaban J connectivity index is 2.35. The second-order valence-corrected chi connectivity index (χ2v) is 5.42. The largest absolute Gasteiger partial charge is 0.489 e. The lowest BCUT2D eigenvalue weighted by molar-refractivity contribution is 0.302. The molecule has 0 atom stereocenters. The molecule has 0 saturated heterocycles. The minimum atomic E-state index is -3.70. The predicted molar refractivity (Wildman–Crippen MR) is 56.5 cm³/mol. The van der Waals surface area contributed by atoms with Crippen molar-refractivity contribution < 1.29 is 13.2 Å². The first-order valence-corrected chi connectivity index (χ1v) is 6.38. The van der Waals surface area contributed by atoms with E-state index in [0.717, 1.165) is 12.8 Å². The van der Waals surface area contributed by atoms with Crippen molar-refractivity contribution in [1.29, 1.82) is 0 Å². The monoisotopic (exact) mass is 247 g/mol. The van der Waals surface area contributed by atoms with Crippen molar-refractivity contribution in [3.05, 3.63) is 23.2 Å². The highest BCUT2D eigenvalue weighted by atomic mass is 35.5. The number of sulfonamides is 1. The van der Waals surface area contributed by atoms with Gasteiger partial charge in [0.1, 0.15) is 5.75 Å². The van der Waals surface area contributed by atoms with E-state index in [2.05, 4.69) is 0 Å². The Morgan fingerprint density at radius 1 is 1.40 bits per heavy atom. The Morgan fingerprint density at radius 2 is 2.07 bits per heavy atom. The standard InChI is InChI=1S/C9H10ClNO3S/c10-8-4-3-7(15(11,12)13)5-9(8)14-6-1-2-6/h3-6H,1-2H2,(H2,11,12,13). The van der Waals surface area contributed by atoms with Crippen molar-refractivity contribution in [3.63, 3.8) is 0 Å². The van der Waals surface area contributed by atoms with E-state index in [4.69, 9.17) is 21.5 Å². The zero-order valence-corrected chi connectivity index (χ0v) is 9.38. The Bertz CT molecular complexity index is 482. The molecule has 0 amide bonds. The normalized spacial score (nSPS) is 16.4. The van der Waals surface area contributed by atoms with Crippen molar-refractivity contribution in [2.45, 2.75) is 23.8 Å². The van der Waals surface area contributed by atoms with Gasteiger partial charge in [0.2, 0.25) is 10.0 Å². The molecule has 0 spiro atoms. The van der Waals surface area contributed by atoms with Crippen LogP contribution in [0.1, 0.15) is 12.8 Å². The predicted octanol–water partition coefficient (Wildman–Crippen LogP) is 1.53. The van der Waals surface area contributed by atoms with Gasteiger partial charge in [-0.25, -0.2) is 13.6 Å². The van der Waals surface area contributed by atoms with Crippen LogP contribution in [0.25, 0.3) is 0 Å². The Hall–Kier alpha value is -0.780. The molecule has 6 heteroatoms. The number of benzene rings is 1. The zero-order chi connectivity index (χ0) is 11.1. The van der Waals surface area contributed by atoms with E-state index in [9.17, 15) is 8.42 Å². The summed E-state index contributed by atoms with van der Waals surface area (Å²) in [7, 11) is -3.70. The summed E-state index contributed by atoms with van der Waals surface area (Å²) >= 11 is 5.86. The highest BCUT2D eigenvalue weighted by molar-refractivity contribution is 7.89. The first-order valence-electron chi connectivity index (χ1n) is 4.46. The molecule has 1 aliphatic rings. The quantitative estimate of drug-likeness (QED) is 0.881. The molecule has 4 nitrogen and oxygen atoms in total. The summed E-state index contributed by atoms with van der Waals surface area (Å²) in [6.45, 7) is 0. The van der Waals surface area contributed by atoms with Gasteiger partial charge in [-0.2, -0.15) is 0 Å². The van der Waals surface area contributed by atoms with Gasteiger partial charge in [0.05, 0.1) is 16.0 Å². The van der Waals surface area contributed by atoms with Gasteiger partial charge >= 0.3 is 0 Å². The average molecular weight is 248 g/mol. The molecular formula is C9H10ClNO3S. The topological polar surface area (TPSA) is 69.4 Å². The number of halogens is 1. The summed E-state index contributed by atoms with van der Waals surface area (Å²) in [5.74, 6) is 0.380. The van der Waals surface area contributed by atoms with Crippen LogP contribution in [0.15, 0.2) is 23.1 Å². The number of primary sulfonamides is 1. The minimum Gasteiger partial charge on any atom is -0.489 e. The third kappa shape index (κ3) is 2.62. The molecule has 1 saturated carbocycles. The number of hydrogen-bond donors (Lipinski definition) is 1. The van der Waals surface area contributed by atoms with Gasteiger partial charge in [0.15, 0.2) is 0 Å². The summed E-state index contributed by atoms with van der Waals surface area (Å²) in [5.41, 5.74) is 0. The summed E-state index contributed by atoms with van der Waals surface area (Å²) in [6, 6.07) is 4.19. The number of nitrogens with two attached hydrogens (primary N) is 1. The van der Waals surface area contributed by atoms with Crippen LogP contribution < -0.4 is 9.88 Å². The molecule has 0 unspecified atom stereocenters. The summed E-state index contributed by atoms with van der Waals surface area (Å²) < 4.78 is 27.6. The summed E-state index contributed by atoms with van der Waals surface area (Å²) in [4.78, 5) is 0.0163. The molecular weight excluding hydrogens is 238 g/mol. The molecule has 0 bridgehead atoms. The van der Waals surface area contributed by atoms with Gasteiger partial charge in [-0.05, 0) is 25.0 Å². The van der Waals surface area contributed by atoms with Crippen molar-refractivity contribution >= 4 is 21.6 Å². The molecule has 0 radical (unpaired) electrons. The smallest absolute Gasteiger partial charge is 0.238 e. The molecule has 15 heavy (non-hydrogen) atoms. The fourth-order valence-corrected chi connectivity index (χ4v) is 1.81. The van der Waals surface area contributed by atoms with Crippen LogP contribution in [-0.2, 0) is 10.0 Å². The molecule has 2 rings (SSSR count). The lowest BCUT2D eigenvalue weighted by Crippen LogP contribution is -2.12. The first-order chi connectivity index (χ1) is 6.97. The van der Waals surface area contributed by atoms with Crippen molar-refractivity contribution in [2.24, 2.45) is 5.14 Å². The first kappa shape index (κ1) is 10.7. The lowest BCUT2D eigenvalue weighted by Gasteiger charge is -2.07. The molecule has 1 fully saturated rings. The lowest BCUT2D eigenvalue weighted by atomic mass is 10.3. The highest BCUT2D eigenvalue weighted by Gasteiger charge is 2.25. The Kier molecular flexibility index (Phi) is 2.62. The van der Waals surface area contributed by atoms with Crippen molar-refractivity contribution in [2.75, 3.05) is 0 Å². The maximum atomic E-state index is 11.1. The van der Waals surface area contributed by atoms with E-state index in [1.165, 1.54) is 18.2 Å². The van der Waals surface area contributed by atoms with Gasteiger partial charge < -0.3 is 4.74 Å². The average Bonchev–Trinajstić information content (AvgIpc) is 2.90. The Labute approximate surface area is 93.0 Å². The maximum absolute atomic E-state index is 11.1. The SMILES string of the molecule is NS(=O)(=O)c1ccc(Cl)c(OC2CC2)c1. The van der Waals surface area contributed by atoms with Crippen LogP contribution in [0.4, 0.5) is 0 Å².